The Morgan fingerprint density at radius 1 is 0.846 bits per heavy atom. The summed E-state index contributed by atoms with van der Waals surface area (Å²) in [6.07, 6.45) is 0. The molecule has 0 spiro atoms. The van der Waals surface area contributed by atoms with Crippen LogP contribution in [0, 0.1) is 17.0 Å². The third-order valence-corrected chi connectivity index (χ3v) is 4.07. The topological polar surface area (TPSA) is 81.8 Å². The van der Waals surface area contributed by atoms with Crippen LogP contribution >= 0.6 is 0 Å². The van der Waals surface area contributed by atoms with Crippen LogP contribution in [0.1, 0.15) is 5.69 Å². The van der Waals surface area contributed by atoms with Gasteiger partial charge in [-0.3, -0.25) is 10.1 Å². The molecule has 0 aliphatic carbocycles. The van der Waals surface area contributed by atoms with Gasteiger partial charge in [-0.05, 0) is 37.3 Å². The zero-order valence-corrected chi connectivity index (χ0v) is 14.0. The Morgan fingerprint density at radius 2 is 1.62 bits per heavy atom. The summed E-state index contributed by atoms with van der Waals surface area (Å²) in [4.78, 5) is 24.3. The number of aryl methyl sites for hydroxylation is 1. The first-order chi connectivity index (χ1) is 12.6. The van der Waals surface area contributed by atoms with Gasteiger partial charge < -0.3 is 0 Å². The Labute approximate surface area is 149 Å². The maximum absolute atomic E-state index is 10.9. The average molecular weight is 342 g/mol. The third-order valence-electron chi connectivity index (χ3n) is 4.07. The zero-order valence-electron chi connectivity index (χ0n) is 14.0. The van der Waals surface area contributed by atoms with E-state index < -0.39 is 4.92 Å². The molecule has 0 bridgehead atoms. The second-order valence-corrected chi connectivity index (χ2v) is 5.88. The fourth-order valence-corrected chi connectivity index (χ4v) is 2.82. The van der Waals surface area contributed by atoms with Gasteiger partial charge in [-0.25, -0.2) is 15.0 Å². The van der Waals surface area contributed by atoms with Crippen LogP contribution in [-0.2, 0) is 0 Å². The molecule has 0 aliphatic rings. The number of nitro groups is 1. The molecule has 0 atom stereocenters. The second-order valence-electron chi connectivity index (χ2n) is 5.88. The second kappa shape index (κ2) is 6.33. The lowest BCUT2D eigenvalue weighted by Crippen LogP contribution is -1.97. The maximum atomic E-state index is 10.9. The molecule has 4 aromatic rings. The Balaban J connectivity index is 1.94. The molecular weight excluding hydrogens is 328 g/mol. The highest BCUT2D eigenvalue weighted by Crippen LogP contribution is 2.29. The molecule has 0 unspecified atom stereocenters. The molecule has 2 heterocycles. The molecule has 126 valence electrons. The SMILES string of the molecule is Cc1cccc(-c2nc(-c3ccc([N+](=O)[O-])cc3)c3ccccc3n2)n1. The van der Waals surface area contributed by atoms with E-state index in [-0.39, 0.29) is 5.69 Å². The van der Waals surface area contributed by atoms with Gasteiger partial charge in [0.25, 0.3) is 5.69 Å². The molecule has 0 saturated carbocycles. The number of rotatable bonds is 3. The summed E-state index contributed by atoms with van der Waals surface area (Å²) in [5, 5.41) is 11.8. The highest BCUT2D eigenvalue weighted by molar-refractivity contribution is 5.93. The number of non-ortho nitro benzene ring substituents is 1. The highest BCUT2D eigenvalue weighted by Gasteiger charge is 2.13. The summed E-state index contributed by atoms with van der Waals surface area (Å²) in [6.45, 7) is 1.92. The fourth-order valence-electron chi connectivity index (χ4n) is 2.82. The minimum absolute atomic E-state index is 0.0488. The van der Waals surface area contributed by atoms with E-state index in [2.05, 4.69) is 9.97 Å². The van der Waals surface area contributed by atoms with Gasteiger partial charge >= 0.3 is 0 Å². The highest BCUT2D eigenvalue weighted by atomic mass is 16.6. The van der Waals surface area contributed by atoms with Crippen molar-refractivity contribution in [3.05, 3.63) is 82.5 Å². The van der Waals surface area contributed by atoms with Gasteiger partial charge in [0, 0.05) is 28.8 Å². The minimum atomic E-state index is -0.413. The molecule has 0 radical (unpaired) electrons. The molecule has 0 amide bonds. The predicted octanol–water partition coefficient (Wildman–Crippen LogP) is 4.58. The van der Waals surface area contributed by atoms with E-state index in [1.165, 1.54) is 12.1 Å². The smallest absolute Gasteiger partial charge is 0.258 e. The van der Waals surface area contributed by atoms with Crippen LogP contribution in [0.2, 0.25) is 0 Å². The molecule has 0 N–H and O–H groups in total. The Hall–Kier alpha value is -3.67. The van der Waals surface area contributed by atoms with Crippen molar-refractivity contribution in [2.45, 2.75) is 6.92 Å². The van der Waals surface area contributed by atoms with E-state index in [1.54, 1.807) is 12.1 Å². The standard InChI is InChI=1S/C20H14N4O2/c1-13-5-4-8-18(21-13)20-22-17-7-3-2-6-16(17)19(23-20)14-9-11-15(12-10-14)24(25)26/h2-12H,1H3. The summed E-state index contributed by atoms with van der Waals surface area (Å²) < 4.78 is 0. The third kappa shape index (κ3) is 2.88. The summed E-state index contributed by atoms with van der Waals surface area (Å²) in [5.74, 6) is 0.528. The molecule has 26 heavy (non-hydrogen) atoms. The number of benzene rings is 2. The first kappa shape index (κ1) is 15.8. The van der Waals surface area contributed by atoms with Gasteiger partial charge in [-0.1, -0.05) is 24.3 Å². The van der Waals surface area contributed by atoms with Crippen molar-refractivity contribution >= 4 is 16.6 Å². The van der Waals surface area contributed by atoms with Crippen LogP contribution in [0.5, 0.6) is 0 Å². The van der Waals surface area contributed by atoms with Crippen LogP contribution < -0.4 is 0 Å². The van der Waals surface area contributed by atoms with Crippen LogP contribution in [-0.4, -0.2) is 19.9 Å². The summed E-state index contributed by atoms with van der Waals surface area (Å²) >= 11 is 0. The summed E-state index contributed by atoms with van der Waals surface area (Å²) in [6, 6.07) is 19.8. The number of nitro benzene ring substituents is 1. The fraction of sp³-hybridized carbons (Fsp3) is 0.0500. The van der Waals surface area contributed by atoms with Crippen LogP contribution in [0.4, 0.5) is 5.69 Å². The van der Waals surface area contributed by atoms with Gasteiger partial charge in [0.1, 0.15) is 5.69 Å². The number of aromatic nitrogens is 3. The number of hydrogen-bond donors (Lipinski definition) is 0. The molecule has 6 heteroatoms. The van der Waals surface area contributed by atoms with E-state index in [0.717, 1.165) is 27.9 Å². The van der Waals surface area contributed by atoms with Crippen LogP contribution in [0.3, 0.4) is 0 Å². The first-order valence-electron chi connectivity index (χ1n) is 8.07. The van der Waals surface area contributed by atoms with Gasteiger partial charge in [0.05, 0.1) is 16.1 Å². The molecule has 2 aromatic carbocycles. The quantitative estimate of drug-likeness (QED) is 0.402. The molecule has 2 aromatic heterocycles. The Bertz CT molecular complexity index is 1120. The maximum Gasteiger partial charge on any atom is 0.269 e. The lowest BCUT2D eigenvalue weighted by molar-refractivity contribution is -0.384. The largest absolute Gasteiger partial charge is 0.269 e. The monoisotopic (exact) mass is 342 g/mol. The summed E-state index contributed by atoms with van der Waals surface area (Å²) in [5.41, 5.74) is 3.95. The lowest BCUT2D eigenvalue weighted by atomic mass is 10.1. The number of nitrogens with zero attached hydrogens (tertiary/aromatic N) is 4. The lowest BCUT2D eigenvalue weighted by Gasteiger charge is -2.09. The van der Waals surface area contributed by atoms with E-state index in [4.69, 9.17) is 4.98 Å². The first-order valence-corrected chi connectivity index (χ1v) is 8.07. The van der Waals surface area contributed by atoms with Crippen molar-refractivity contribution in [3.8, 4) is 22.8 Å². The molecule has 0 saturated heterocycles. The van der Waals surface area contributed by atoms with Crippen molar-refractivity contribution < 1.29 is 4.92 Å². The number of fused-ring (bicyclic) bond motifs is 1. The van der Waals surface area contributed by atoms with Gasteiger partial charge in [-0.2, -0.15) is 0 Å². The van der Waals surface area contributed by atoms with Crippen molar-refractivity contribution in [1.82, 2.24) is 15.0 Å². The van der Waals surface area contributed by atoms with Crippen molar-refractivity contribution in [2.24, 2.45) is 0 Å². The van der Waals surface area contributed by atoms with E-state index in [0.29, 0.717) is 11.5 Å². The number of para-hydroxylation sites is 1. The van der Waals surface area contributed by atoms with Crippen molar-refractivity contribution in [3.63, 3.8) is 0 Å². The van der Waals surface area contributed by atoms with Crippen molar-refractivity contribution in [2.75, 3.05) is 0 Å². The minimum Gasteiger partial charge on any atom is -0.258 e. The molecule has 6 nitrogen and oxygen atoms in total. The van der Waals surface area contributed by atoms with Crippen LogP contribution in [0.25, 0.3) is 33.7 Å². The number of hydrogen-bond acceptors (Lipinski definition) is 5. The van der Waals surface area contributed by atoms with Crippen LogP contribution in [0.15, 0.2) is 66.7 Å². The normalized spacial score (nSPS) is 10.8. The average Bonchev–Trinajstić information content (AvgIpc) is 2.67. The van der Waals surface area contributed by atoms with Crippen molar-refractivity contribution in [1.29, 1.82) is 0 Å². The van der Waals surface area contributed by atoms with Gasteiger partial charge in [0.15, 0.2) is 5.82 Å². The Kier molecular flexibility index (Phi) is 3.85. The molecule has 0 fully saturated rings. The van der Waals surface area contributed by atoms with Gasteiger partial charge in [-0.15, -0.1) is 0 Å². The van der Waals surface area contributed by atoms with Gasteiger partial charge in [0.2, 0.25) is 0 Å². The van der Waals surface area contributed by atoms with E-state index in [1.807, 2.05) is 49.4 Å². The predicted molar refractivity (Wildman–Crippen MR) is 99.6 cm³/mol. The van der Waals surface area contributed by atoms with E-state index >= 15 is 0 Å². The number of pyridine rings is 1. The molecular formula is C20H14N4O2. The Morgan fingerprint density at radius 3 is 2.35 bits per heavy atom. The zero-order chi connectivity index (χ0) is 18.1. The molecule has 4 rings (SSSR count). The van der Waals surface area contributed by atoms with E-state index in [9.17, 15) is 10.1 Å². The summed E-state index contributed by atoms with van der Waals surface area (Å²) in [7, 11) is 0. The molecule has 0 aliphatic heterocycles.